The molecule has 1 saturated carbocycles. The lowest BCUT2D eigenvalue weighted by Gasteiger charge is -2.36. The van der Waals surface area contributed by atoms with Gasteiger partial charge < -0.3 is 25.1 Å². The molecule has 5 aromatic heterocycles. The molecule has 2 aliphatic heterocycles. The molecule has 20 heteroatoms. The van der Waals surface area contributed by atoms with Gasteiger partial charge in [-0.25, -0.2) is 19.6 Å². The summed E-state index contributed by atoms with van der Waals surface area (Å²) in [6.45, 7) is 12.6. The maximum absolute atomic E-state index is 14.2. The first-order chi connectivity index (χ1) is 35.4. The Labute approximate surface area is 433 Å². The number of thiazole rings is 1. The van der Waals surface area contributed by atoms with Crippen LogP contribution in [0.4, 0.5) is 5.69 Å². The molecular formula is C54H64N12O7S. The number of nitrogens with one attached hydrogen (secondary N) is 1. The van der Waals surface area contributed by atoms with Crippen LogP contribution in [0, 0.1) is 19.3 Å². The summed E-state index contributed by atoms with van der Waals surface area (Å²) in [7, 11) is 0. The Morgan fingerprint density at radius 2 is 1.66 bits per heavy atom. The highest BCUT2D eigenvalue weighted by atomic mass is 32.1. The second-order valence-electron chi connectivity index (χ2n) is 21.0. The number of carbonyl (C=O) groups is 5. The Bertz CT molecular complexity index is 3130. The fourth-order valence-corrected chi connectivity index (χ4v) is 11.4. The predicted octanol–water partition coefficient (Wildman–Crippen LogP) is 5.01. The van der Waals surface area contributed by atoms with Crippen LogP contribution in [-0.4, -0.2) is 135 Å². The Morgan fingerprint density at radius 1 is 0.919 bits per heavy atom. The lowest BCUT2D eigenvalue weighted by atomic mass is 9.85. The van der Waals surface area contributed by atoms with Crippen molar-refractivity contribution in [1.29, 1.82) is 0 Å². The summed E-state index contributed by atoms with van der Waals surface area (Å²) in [5, 5.41) is 22.5. The van der Waals surface area contributed by atoms with Gasteiger partial charge >= 0.3 is 0 Å². The quantitative estimate of drug-likeness (QED) is 0.121. The number of likely N-dealkylation sites (tertiary alicyclic amines) is 1. The number of ketones is 2. The average molecular weight is 1030 g/mol. The van der Waals surface area contributed by atoms with Gasteiger partial charge in [-0.1, -0.05) is 63.1 Å². The number of aliphatic hydroxyl groups is 1. The first kappa shape index (κ1) is 51.8. The third-order valence-electron chi connectivity index (χ3n) is 14.6. The first-order valence-electron chi connectivity index (χ1n) is 25.5. The molecule has 0 radical (unpaired) electrons. The van der Waals surface area contributed by atoms with Gasteiger partial charge in [-0.2, -0.15) is 0 Å². The number of nitrogens with zero attached hydrogens (tertiary/aromatic N) is 11. The molecule has 3 fully saturated rings. The number of carbonyl (C=O) groups excluding carboxylic acids is 5. The highest BCUT2D eigenvalue weighted by molar-refractivity contribution is 7.13. The molecule has 0 unspecified atom stereocenters. The molecule has 9 rings (SSSR count). The number of aliphatic hydroxyl groups excluding tert-OH is 1. The van der Waals surface area contributed by atoms with E-state index in [-0.39, 0.29) is 67.0 Å². The molecule has 388 valence electrons. The van der Waals surface area contributed by atoms with E-state index < -0.39 is 35.4 Å². The van der Waals surface area contributed by atoms with Crippen LogP contribution in [0.25, 0.3) is 21.5 Å². The van der Waals surface area contributed by atoms with E-state index in [1.807, 2.05) is 75.8 Å². The van der Waals surface area contributed by atoms with Crippen LogP contribution in [0.1, 0.15) is 117 Å². The minimum absolute atomic E-state index is 0.00334. The number of rotatable bonds is 16. The van der Waals surface area contributed by atoms with Gasteiger partial charge in [-0.15, -0.1) is 16.4 Å². The number of fused-ring (bicyclic) bond motifs is 1. The Hall–Kier alpha value is -7.06. The molecule has 0 spiro atoms. The van der Waals surface area contributed by atoms with Gasteiger partial charge in [0.25, 0.3) is 5.56 Å². The molecule has 2 N–H and O–H groups in total. The molecule has 3 atom stereocenters. The minimum atomic E-state index is -1.00. The molecule has 3 aliphatic rings. The summed E-state index contributed by atoms with van der Waals surface area (Å²) in [5.41, 5.74) is 7.27. The third kappa shape index (κ3) is 11.4. The summed E-state index contributed by atoms with van der Waals surface area (Å²) in [6.07, 6.45) is 9.16. The highest BCUT2D eigenvalue weighted by Crippen LogP contribution is 2.33. The molecule has 7 heterocycles. The minimum Gasteiger partial charge on any atom is -0.391 e. The number of hydrogen-bond acceptors (Lipinski definition) is 15. The maximum atomic E-state index is 14.2. The molecule has 74 heavy (non-hydrogen) atoms. The molecule has 0 bridgehead atoms. The SMILES string of the molecule is CC(=O)c1c(C)c2cnc(Cc3ccc(N4CCN(C(=O)Cc5cn(CC(=O)N[C@H](C(=O)N6C[C@H](O)C[C@H]6C(=O)CCc6ccc(-c7scnc7C)cc6)C(C)(C)C)nn5)CC4)cn3)nc2n(C2CCCC2)c1=O. The Balaban J connectivity index is 0.750. The van der Waals surface area contributed by atoms with Crippen molar-refractivity contribution in [2.75, 3.05) is 37.6 Å². The summed E-state index contributed by atoms with van der Waals surface area (Å²) in [4.78, 5) is 106. The van der Waals surface area contributed by atoms with Gasteiger partial charge in [0.15, 0.2) is 11.6 Å². The average Bonchev–Trinajstić information content (AvgIpc) is 4.23. The molecular weight excluding hydrogens is 961 g/mol. The summed E-state index contributed by atoms with van der Waals surface area (Å²) >= 11 is 1.58. The molecule has 2 saturated heterocycles. The summed E-state index contributed by atoms with van der Waals surface area (Å²) in [5.74, 6) is -0.919. The Morgan fingerprint density at radius 3 is 2.32 bits per heavy atom. The van der Waals surface area contributed by atoms with Crippen LogP contribution in [0.5, 0.6) is 0 Å². The lowest BCUT2D eigenvalue weighted by Crippen LogP contribution is -2.57. The number of aryl methyl sites for hydroxylation is 3. The van der Waals surface area contributed by atoms with E-state index in [9.17, 15) is 33.9 Å². The highest BCUT2D eigenvalue weighted by Gasteiger charge is 2.44. The van der Waals surface area contributed by atoms with Gasteiger partial charge in [0.1, 0.15) is 24.1 Å². The van der Waals surface area contributed by atoms with E-state index >= 15 is 0 Å². The van der Waals surface area contributed by atoms with Gasteiger partial charge in [-0.05, 0) is 74.3 Å². The third-order valence-corrected chi connectivity index (χ3v) is 15.6. The number of Topliss-reactive ketones (excluding diaryl/α,β-unsaturated/α-hetero) is 2. The zero-order valence-corrected chi connectivity index (χ0v) is 43.7. The maximum Gasteiger partial charge on any atom is 0.263 e. The second kappa shape index (κ2) is 21.8. The number of β-amino-alcohol motifs (C(OH)–C–C–N with tert-alkyl or cyclic N) is 1. The van der Waals surface area contributed by atoms with Crippen molar-refractivity contribution in [3.8, 4) is 10.4 Å². The number of amides is 3. The second-order valence-corrected chi connectivity index (χ2v) is 21.9. The zero-order valence-electron chi connectivity index (χ0n) is 42.9. The fraction of sp³-hybridized carbons (Fsp3) is 0.481. The number of aromatic nitrogens is 8. The number of hydrogen-bond donors (Lipinski definition) is 2. The van der Waals surface area contributed by atoms with E-state index in [0.717, 1.165) is 58.8 Å². The molecule has 19 nitrogen and oxygen atoms in total. The van der Waals surface area contributed by atoms with Crippen molar-refractivity contribution >= 4 is 57.3 Å². The zero-order chi connectivity index (χ0) is 52.4. The lowest BCUT2D eigenvalue weighted by molar-refractivity contribution is -0.143. The molecule has 3 amide bonds. The van der Waals surface area contributed by atoms with Gasteiger partial charge in [-0.3, -0.25) is 38.3 Å². The summed E-state index contributed by atoms with van der Waals surface area (Å²) in [6, 6.07) is 10.1. The van der Waals surface area contributed by atoms with Crippen LogP contribution < -0.4 is 15.8 Å². The van der Waals surface area contributed by atoms with Crippen molar-refractivity contribution in [1.82, 2.24) is 54.6 Å². The smallest absolute Gasteiger partial charge is 0.263 e. The van der Waals surface area contributed by atoms with Crippen molar-refractivity contribution in [2.24, 2.45) is 5.41 Å². The van der Waals surface area contributed by atoms with E-state index in [2.05, 4.69) is 30.5 Å². The fourth-order valence-electron chi connectivity index (χ4n) is 10.6. The van der Waals surface area contributed by atoms with E-state index in [0.29, 0.717) is 67.1 Å². The van der Waals surface area contributed by atoms with Crippen molar-refractivity contribution < 1.29 is 29.1 Å². The van der Waals surface area contributed by atoms with Crippen molar-refractivity contribution in [3.63, 3.8) is 0 Å². The van der Waals surface area contributed by atoms with E-state index in [4.69, 9.17) is 9.97 Å². The topological polar surface area (TPSA) is 232 Å². The van der Waals surface area contributed by atoms with Gasteiger partial charge in [0.05, 0.1) is 64.2 Å². The molecule has 1 aromatic carbocycles. The van der Waals surface area contributed by atoms with E-state index in [1.165, 1.54) is 16.5 Å². The van der Waals surface area contributed by atoms with Crippen molar-refractivity contribution in [2.45, 2.75) is 130 Å². The van der Waals surface area contributed by atoms with Gasteiger partial charge in [0.2, 0.25) is 17.7 Å². The number of pyridine rings is 2. The summed E-state index contributed by atoms with van der Waals surface area (Å²) < 4.78 is 3.05. The first-order valence-corrected chi connectivity index (χ1v) is 26.4. The van der Waals surface area contributed by atoms with Crippen LogP contribution in [0.15, 0.2) is 65.3 Å². The Kier molecular flexibility index (Phi) is 15.3. The van der Waals surface area contributed by atoms with Gasteiger partial charge in [0, 0.05) is 75.1 Å². The predicted molar refractivity (Wildman–Crippen MR) is 279 cm³/mol. The standard InChI is InChI=1S/C54H64N12O7S/c1-32-42-27-56-45(58-51(42)66(39-9-7-8-10-39)52(72)48(32)34(3)67)23-37-16-17-40(26-55-37)62-19-21-63(22-20-62)47(71)24-38-28-64(61-60-38)30-46(70)59-50(54(4,5)6)53(73)65-29-41(68)25-43(65)44(69)18-13-35-11-14-36(15-12-35)49-33(2)57-31-74-49/h11-12,14-17,26-28,31,39,41,43,50,68H,7-10,13,18-25,29-30H2,1-6H3,(H,59,70)/t41-,43+,50-/m1/s1. The van der Waals surface area contributed by atoms with Crippen LogP contribution in [-0.2, 0) is 45.0 Å². The van der Waals surface area contributed by atoms with Crippen LogP contribution in [0.2, 0.25) is 0 Å². The normalized spacial score (nSPS) is 17.8. The van der Waals surface area contributed by atoms with Crippen LogP contribution >= 0.6 is 11.3 Å². The number of anilines is 1. The largest absolute Gasteiger partial charge is 0.391 e. The van der Waals surface area contributed by atoms with E-state index in [1.54, 1.807) is 40.1 Å². The monoisotopic (exact) mass is 1020 g/mol. The number of piperazine rings is 1. The number of benzene rings is 1. The van der Waals surface area contributed by atoms with Crippen molar-refractivity contribution in [3.05, 3.63) is 110 Å². The molecule has 6 aromatic rings. The molecule has 1 aliphatic carbocycles. The van der Waals surface area contributed by atoms with Crippen LogP contribution in [0.3, 0.4) is 0 Å².